The van der Waals surface area contributed by atoms with Crippen molar-refractivity contribution < 1.29 is 19.1 Å². The Labute approximate surface area is 228 Å². The van der Waals surface area contributed by atoms with Crippen LogP contribution >= 0.6 is 35.7 Å². The highest BCUT2D eigenvalue weighted by molar-refractivity contribution is 8.26. The quantitative estimate of drug-likeness (QED) is 0.205. The average molecular weight is 547 g/mol. The highest BCUT2D eigenvalue weighted by Gasteiger charge is 2.32. The molecular formula is C28H22N2O4S3. The van der Waals surface area contributed by atoms with Crippen LogP contribution in [0, 0.1) is 0 Å². The van der Waals surface area contributed by atoms with Crippen molar-refractivity contribution in [1.29, 1.82) is 0 Å². The number of rotatable bonds is 6. The third-order valence-electron chi connectivity index (χ3n) is 5.96. The molecule has 0 radical (unpaired) electrons. The van der Waals surface area contributed by atoms with Crippen LogP contribution in [0.25, 0.3) is 6.08 Å². The van der Waals surface area contributed by atoms with Crippen LogP contribution in [0.4, 0.5) is 11.4 Å². The Morgan fingerprint density at radius 2 is 1.54 bits per heavy atom. The maximum Gasteiger partial charge on any atom is 0.337 e. The Morgan fingerprint density at radius 3 is 2.16 bits per heavy atom. The molecule has 3 aromatic carbocycles. The molecule has 2 aliphatic heterocycles. The second-order valence-electron chi connectivity index (χ2n) is 8.32. The Kier molecular flexibility index (Phi) is 7.45. The number of hydrogen-bond donors (Lipinski definition) is 0. The molecule has 0 bridgehead atoms. The lowest BCUT2D eigenvalue weighted by molar-refractivity contribution is -0.123. The molecule has 5 rings (SSSR count). The predicted molar refractivity (Wildman–Crippen MR) is 151 cm³/mol. The van der Waals surface area contributed by atoms with Crippen LogP contribution in [0.2, 0.25) is 0 Å². The Morgan fingerprint density at radius 1 is 0.919 bits per heavy atom. The van der Waals surface area contributed by atoms with E-state index in [1.54, 1.807) is 51.9 Å². The first-order valence-corrected chi connectivity index (χ1v) is 13.6. The largest absolute Gasteiger partial charge is 0.465 e. The van der Waals surface area contributed by atoms with Crippen molar-refractivity contribution in [2.24, 2.45) is 0 Å². The van der Waals surface area contributed by atoms with E-state index >= 15 is 0 Å². The molecule has 0 N–H and O–H groups in total. The van der Waals surface area contributed by atoms with Gasteiger partial charge in [-0.2, -0.15) is 0 Å². The fraction of sp³-hybridized carbons (Fsp3) is 0.143. The van der Waals surface area contributed by atoms with Gasteiger partial charge in [-0.15, -0.1) is 0 Å². The van der Waals surface area contributed by atoms with E-state index in [4.69, 9.17) is 17.0 Å². The molecule has 0 spiro atoms. The topological polar surface area (TPSA) is 66.9 Å². The highest BCUT2D eigenvalue weighted by atomic mass is 32.2. The van der Waals surface area contributed by atoms with Gasteiger partial charge in [-0.1, -0.05) is 72.1 Å². The number of carbonyl (C=O) groups excluding carboxylic acids is 3. The second-order valence-corrected chi connectivity index (χ2v) is 11.1. The number of ether oxygens (including phenoxy) is 1. The van der Waals surface area contributed by atoms with E-state index in [1.165, 1.54) is 18.9 Å². The highest BCUT2D eigenvalue weighted by Crippen LogP contribution is 2.48. The predicted octanol–water partition coefficient (Wildman–Crippen LogP) is 6.28. The molecular weight excluding hydrogens is 525 g/mol. The number of benzene rings is 3. The SMILES string of the molecule is COC(=O)c1ccc(C=C2SC(=S)N(CCCC(=O)N3c4ccccc4Sc4ccccc43)C2=O)cc1. The second kappa shape index (κ2) is 10.9. The molecule has 37 heavy (non-hydrogen) atoms. The molecule has 0 atom stereocenters. The summed E-state index contributed by atoms with van der Waals surface area (Å²) >= 11 is 8.35. The first-order valence-electron chi connectivity index (χ1n) is 11.6. The molecule has 3 aromatic rings. The Balaban J connectivity index is 1.24. The fourth-order valence-corrected chi connectivity index (χ4v) is 6.52. The number of hydrogen-bond acceptors (Lipinski definition) is 7. The number of fused-ring (bicyclic) bond motifs is 2. The Hall–Kier alpha value is -3.40. The number of esters is 1. The zero-order valence-corrected chi connectivity index (χ0v) is 22.3. The van der Waals surface area contributed by atoms with E-state index in [0.29, 0.717) is 27.8 Å². The third kappa shape index (κ3) is 5.20. The molecule has 6 nitrogen and oxygen atoms in total. The number of anilines is 2. The zero-order chi connectivity index (χ0) is 25.9. The van der Waals surface area contributed by atoms with Crippen LogP contribution in [-0.2, 0) is 14.3 Å². The molecule has 0 saturated carbocycles. The first kappa shape index (κ1) is 25.3. The molecule has 1 saturated heterocycles. The summed E-state index contributed by atoms with van der Waals surface area (Å²) in [6.07, 6.45) is 2.52. The fourth-order valence-electron chi connectivity index (χ4n) is 4.15. The monoisotopic (exact) mass is 546 g/mol. The average Bonchev–Trinajstić information content (AvgIpc) is 3.18. The van der Waals surface area contributed by atoms with Gasteiger partial charge in [0.1, 0.15) is 4.32 Å². The molecule has 0 aromatic heterocycles. The van der Waals surface area contributed by atoms with E-state index < -0.39 is 5.97 Å². The minimum atomic E-state index is -0.414. The maximum atomic E-state index is 13.4. The number of methoxy groups -OCH3 is 1. The van der Waals surface area contributed by atoms with Crippen molar-refractivity contribution in [2.45, 2.75) is 22.6 Å². The lowest BCUT2D eigenvalue weighted by atomic mass is 10.1. The van der Waals surface area contributed by atoms with Crippen LogP contribution in [0.1, 0.15) is 28.8 Å². The van der Waals surface area contributed by atoms with Crippen LogP contribution in [0.15, 0.2) is 87.5 Å². The van der Waals surface area contributed by atoms with Gasteiger partial charge >= 0.3 is 5.97 Å². The van der Waals surface area contributed by atoms with Crippen molar-refractivity contribution in [3.63, 3.8) is 0 Å². The van der Waals surface area contributed by atoms with E-state index in [0.717, 1.165) is 26.7 Å². The van der Waals surface area contributed by atoms with Gasteiger partial charge in [-0.25, -0.2) is 4.79 Å². The van der Waals surface area contributed by atoms with Gasteiger partial charge in [0.2, 0.25) is 5.91 Å². The molecule has 2 aliphatic rings. The van der Waals surface area contributed by atoms with Crippen molar-refractivity contribution >= 4 is 75.3 Å². The van der Waals surface area contributed by atoms with E-state index in [-0.39, 0.29) is 18.2 Å². The molecule has 9 heteroatoms. The lowest BCUT2D eigenvalue weighted by Crippen LogP contribution is -2.32. The normalized spacial score (nSPS) is 15.5. The number of amides is 2. The summed E-state index contributed by atoms with van der Waals surface area (Å²) in [6, 6.07) is 22.6. The van der Waals surface area contributed by atoms with Gasteiger partial charge in [0, 0.05) is 22.8 Å². The van der Waals surface area contributed by atoms with Crippen LogP contribution in [0.5, 0.6) is 0 Å². The summed E-state index contributed by atoms with van der Waals surface area (Å²) in [5, 5.41) is 0. The van der Waals surface area contributed by atoms with Gasteiger partial charge in [0.05, 0.1) is 29.0 Å². The summed E-state index contributed by atoms with van der Waals surface area (Å²) in [4.78, 5) is 44.0. The number of thiocarbonyl (C=S) groups is 1. The van der Waals surface area contributed by atoms with Crippen LogP contribution in [-0.4, -0.2) is 40.7 Å². The van der Waals surface area contributed by atoms with Crippen molar-refractivity contribution in [1.82, 2.24) is 4.90 Å². The maximum absolute atomic E-state index is 13.4. The van der Waals surface area contributed by atoms with Crippen molar-refractivity contribution in [2.75, 3.05) is 18.6 Å². The van der Waals surface area contributed by atoms with E-state index in [9.17, 15) is 14.4 Å². The first-order chi connectivity index (χ1) is 18.0. The molecule has 0 aliphatic carbocycles. The van der Waals surface area contributed by atoms with E-state index in [2.05, 4.69) is 0 Å². The third-order valence-corrected chi connectivity index (χ3v) is 8.47. The zero-order valence-electron chi connectivity index (χ0n) is 19.9. The lowest BCUT2D eigenvalue weighted by Gasteiger charge is -2.31. The van der Waals surface area contributed by atoms with Crippen LogP contribution in [0.3, 0.4) is 0 Å². The minimum Gasteiger partial charge on any atom is -0.465 e. The standard InChI is InChI=1S/C28H22N2O4S3/c1-34-27(33)19-14-12-18(13-15-19)17-24-26(32)29(28(35)37-24)16-6-11-25(31)30-20-7-2-4-9-22(20)36-23-10-5-3-8-21(23)30/h2-5,7-10,12-15,17H,6,11,16H2,1H3. The van der Waals surface area contributed by atoms with Crippen LogP contribution < -0.4 is 4.90 Å². The van der Waals surface area contributed by atoms with Gasteiger partial charge in [-0.3, -0.25) is 19.4 Å². The summed E-state index contributed by atoms with van der Waals surface area (Å²) in [5.74, 6) is -0.612. The van der Waals surface area contributed by atoms with Crippen molar-refractivity contribution in [3.05, 3.63) is 88.8 Å². The van der Waals surface area contributed by atoms with E-state index in [1.807, 2.05) is 48.5 Å². The number of nitrogens with zero attached hydrogens (tertiary/aromatic N) is 2. The minimum absolute atomic E-state index is 0.0214. The number of thioether (sulfide) groups is 1. The number of carbonyl (C=O) groups is 3. The number of para-hydroxylation sites is 2. The van der Waals surface area contributed by atoms with Gasteiger partial charge in [-0.05, 0) is 54.5 Å². The van der Waals surface area contributed by atoms with Crippen molar-refractivity contribution in [3.8, 4) is 0 Å². The summed E-state index contributed by atoms with van der Waals surface area (Å²) in [6.45, 7) is 0.362. The molecule has 2 amide bonds. The van der Waals surface area contributed by atoms with Gasteiger partial charge in [0.15, 0.2) is 0 Å². The Bertz CT molecular complexity index is 1390. The molecule has 186 valence electrons. The summed E-state index contributed by atoms with van der Waals surface area (Å²) in [7, 11) is 1.33. The smallest absolute Gasteiger partial charge is 0.337 e. The van der Waals surface area contributed by atoms with Gasteiger partial charge in [0.25, 0.3) is 5.91 Å². The molecule has 2 heterocycles. The summed E-state index contributed by atoms with van der Waals surface area (Å²) in [5.41, 5.74) is 2.98. The molecule has 1 fully saturated rings. The van der Waals surface area contributed by atoms with Gasteiger partial charge < -0.3 is 4.74 Å². The summed E-state index contributed by atoms with van der Waals surface area (Å²) < 4.78 is 5.19. The molecule has 0 unspecified atom stereocenters.